The molecule has 0 aromatic heterocycles. The van der Waals surface area contributed by atoms with Gasteiger partial charge in [-0.05, 0) is 13.8 Å². The first-order chi connectivity index (χ1) is 6.23. The lowest BCUT2D eigenvalue weighted by molar-refractivity contribution is -0.158. The van der Waals surface area contributed by atoms with E-state index in [2.05, 4.69) is 5.32 Å². The normalized spacial score (nSPS) is 14.9. The highest BCUT2D eigenvalue weighted by atomic mass is 19.4. The molecule has 0 aliphatic rings. The summed E-state index contributed by atoms with van der Waals surface area (Å²) in [6, 6.07) is 1.17. The van der Waals surface area contributed by atoms with Crippen molar-refractivity contribution >= 4 is 0 Å². The first kappa shape index (κ1) is 13.2. The van der Waals surface area contributed by atoms with Crippen molar-refractivity contribution < 1.29 is 18.3 Å². The van der Waals surface area contributed by atoms with E-state index in [0.717, 1.165) is 0 Å². The highest BCUT2D eigenvalue weighted by molar-refractivity contribution is 4.92. The molecule has 0 heterocycles. The lowest BCUT2D eigenvalue weighted by Crippen LogP contribution is -2.46. The molecule has 0 aromatic carbocycles. The van der Waals surface area contributed by atoms with Gasteiger partial charge in [-0.25, -0.2) is 0 Å². The van der Waals surface area contributed by atoms with Crippen molar-refractivity contribution in [1.82, 2.24) is 5.32 Å². The Hall–Kier alpha value is -0.800. The van der Waals surface area contributed by atoms with E-state index in [-0.39, 0.29) is 6.61 Å². The van der Waals surface area contributed by atoms with E-state index in [1.807, 2.05) is 0 Å². The van der Waals surface area contributed by atoms with Gasteiger partial charge in [0.2, 0.25) is 0 Å². The Labute approximate surface area is 80.5 Å². The van der Waals surface area contributed by atoms with Crippen molar-refractivity contribution in [1.29, 1.82) is 5.26 Å². The smallest absolute Gasteiger partial charge is 0.394 e. The molecule has 6 heteroatoms. The van der Waals surface area contributed by atoms with Crippen molar-refractivity contribution in [2.24, 2.45) is 5.92 Å². The number of halogens is 3. The molecule has 0 amide bonds. The summed E-state index contributed by atoms with van der Waals surface area (Å²) in [6.07, 6.45) is -4.52. The minimum atomic E-state index is -4.52. The molecule has 3 nitrogen and oxygen atoms in total. The summed E-state index contributed by atoms with van der Waals surface area (Å²) >= 11 is 0. The van der Waals surface area contributed by atoms with Gasteiger partial charge in [-0.3, -0.25) is 0 Å². The van der Waals surface area contributed by atoms with Gasteiger partial charge in [-0.2, -0.15) is 18.4 Å². The molecule has 0 saturated heterocycles. The number of nitrogens with zero attached hydrogens (tertiary/aromatic N) is 1. The van der Waals surface area contributed by atoms with Crippen LogP contribution in [0.2, 0.25) is 0 Å². The van der Waals surface area contributed by atoms with E-state index in [9.17, 15) is 13.2 Å². The van der Waals surface area contributed by atoms with Crippen LogP contribution in [-0.4, -0.2) is 30.0 Å². The first-order valence-electron chi connectivity index (χ1n) is 4.05. The van der Waals surface area contributed by atoms with Crippen LogP contribution in [0.4, 0.5) is 13.2 Å². The van der Waals surface area contributed by atoms with E-state index in [0.29, 0.717) is 0 Å². The van der Waals surface area contributed by atoms with Crippen LogP contribution in [-0.2, 0) is 0 Å². The average Bonchev–Trinajstić information content (AvgIpc) is 2.03. The zero-order valence-electron chi connectivity index (χ0n) is 8.02. The predicted molar refractivity (Wildman–Crippen MR) is 44.3 cm³/mol. The number of nitriles is 1. The van der Waals surface area contributed by atoms with Crippen molar-refractivity contribution in [2.45, 2.75) is 25.6 Å². The summed E-state index contributed by atoms with van der Waals surface area (Å²) in [5.41, 5.74) is -0.805. The van der Waals surface area contributed by atoms with E-state index in [1.165, 1.54) is 6.07 Å². The molecule has 0 aliphatic carbocycles. The van der Waals surface area contributed by atoms with Crippen LogP contribution in [0.15, 0.2) is 0 Å². The number of rotatable bonds is 4. The number of hydrogen-bond acceptors (Lipinski definition) is 3. The fourth-order valence-corrected chi connectivity index (χ4v) is 0.669. The van der Waals surface area contributed by atoms with Crippen molar-refractivity contribution in [2.75, 3.05) is 13.2 Å². The van der Waals surface area contributed by atoms with Crippen LogP contribution in [0, 0.1) is 17.2 Å². The summed E-state index contributed by atoms with van der Waals surface area (Å²) in [4.78, 5) is 0. The Balaban J connectivity index is 4.19. The lowest BCUT2D eigenvalue weighted by Gasteiger charge is -2.25. The maximum absolute atomic E-state index is 12.1. The minimum Gasteiger partial charge on any atom is -0.394 e. The fourth-order valence-electron chi connectivity index (χ4n) is 0.669. The highest BCUT2D eigenvalue weighted by Gasteiger charge is 2.40. The molecular weight excluding hydrogens is 197 g/mol. The van der Waals surface area contributed by atoms with Gasteiger partial charge >= 0.3 is 6.18 Å². The second-order valence-electron chi connectivity index (χ2n) is 3.65. The van der Waals surface area contributed by atoms with E-state index < -0.39 is 24.2 Å². The monoisotopic (exact) mass is 210 g/mol. The molecule has 0 bridgehead atoms. The second-order valence-corrected chi connectivity index (χ2v) is 3.65. The zero-order valence-corrected chi connectivity index (χ0v) is 8.02. The Kier molecular flexibility index (Phi) is 4.36. The third kappa shape index (κ3) is 4.44. The van der Waals surface area contributed by atoms with Crippen molar-refractivity contribution in [3.63, 3.8) is 0 Å². The van der Waals surface area contributed by atoms with Gasteiger partial charge < -0.3 is 10.4 Å². The molecule has 14 heavy (non-hydrogen) atoms. The first-order valence-corrected chi connectivity index (χ1v) is 4.05. The molecule has 0 aromatic rings. The molecule has 1 atom stereocenters. The molecule has 0 saturated carbocycles. The summed E-state index contributed by atoms with van der Waals surface area (Å²) in [6.45, 7) is 2.31. The maximum atomic E-state index is 12.1. The van der Waals surface area contributed by atoms with Crippen LogP contribution < -0.4 is 5.32 Å². The summed E-state index contributed by atoms with van der Waals surface area (Å²) in [5, 5.41) is 19.5. The number of alkyl halides is 3. The number of aliphatic hydroxyl groups excluding tert-OH is 1. The quantitative estimate of drug-likeness (QED) is 0.729. The molecule has 1 unspecified atom stereocenters. The predicted octanol–water partition coefficient (Wildman–Crippen LogP) is 1.05. The molecule has 2 N–H and O–H groups in total. The van der Waals surface area contributed by atoms with Crippen LogP contribution in [0.1, 0.15) is 13.8 Å². The van der Waals surface area contributed by atoms with Gasteiger partial charge in [-0.15, -0.1) is 0 Å². The van der Waals surface area contributed by atoms with Gasteiger partial charge in [-0.1, -0.05) is 0 Å². The van der Waals surface area contributed by atoms with Crippen LogP contribution >= 0.6 is 0 Å². The SMILES string of the molecule is CC(C)(CO)NCC(C#N)C(F)(F)F. The van der Waals surface area contributed by atoms with Gasteiger partial charge in [0.25, 0.3) is 0 Å². The van der Waals surface area contributed by atoms with Gasteiger partial charge in [0.15, 0.2) is 5.92 Å². The standard InChI is InChI=1S/C8H13F3N2O/c1-7(2,5-14)13-4-6(3-12)8(9,10)11/h6,13-14H,4-5H2,1-2H3. The molecule has 0 rings (SSSR count). The van der Waals surface area contributed by atoms with Crippen LogP contribution in [0.25, 0.3) is 0 Å². The molecule has 0 spiro atoms. The summed E-state index contributed by atoms with van der Waals surface area (Å²) in [7, 11) is 0. The molecule has 0 fully saturated rings. The Morgan fingerprint density at radius 3 is 2.21 bits per heavy atom. The molecule has 0 aliphatic heterocycles. The third-order valence-corrected chi connectivity index (χ3v) is 1.73. The van der Waals surface area contributed by atoms with Gasteiger partial charge in [0, 0.05) is 12.1 Å². The van der Waals surface area contributed by atoms with Crippen LogP contribution in [0.3, 0.4) is 0 Å². The van der Waals surface area contributed by atoms with Gasteiger partial charge in [0.1, 0.15) is 0 Å². The summed E-state index contributed by atoms with van der Waals surface area (Å²) in [5.74, 6) is -2.03. The van der Waals surface area contributed by atoms with Gasteiger partial charge in [0.05, 0.1) is 12.7 Å². The van der Waals surface area contributed by atoms with Crippen molar-refractivity contribution in [3.05, 3.63) is 0 Å². The molecular formula is C8H13F3N2O. The van der Waals surface area contributed by atoms with E-state index in [4.69, 9.17) is 10.4 Å². The largest absolute Gasteiger partial charge is 0.405 e. The van der Waals surface area contributed by atoms with E-state index >= 15 is 0 Å². The van der Waals surface area contributed by atoms with Crippen molar-refractivity contribution in [3.8, 4) is 6.07 Å². The molecule has 82 valence electrons. The Bertz CT molecular complexity index is 220. The fraction of sp³-hybridized carbons (Fsp3) is 0.875. The summed E-state index contributed by atoms with van der Waals surface area (Å²) < 4.78 is 36.2. The second kappa shape index (κ2) is 4.62. The topological polar surface area (TPSA) is 56.0 Å². The zero-order chi connectivity index (χ0) is 11.4. The maximum Gasteiger partial charge on any atom is 0.405 e. The number of nitrogens with one attached hydrogen (secondary N) is 1. The number of hydrogen-bond donors (Lipinski definition) is 2. The Morgan fingerprint density at radius 1 is 1.43 bits per heavy atom. The number of aliphatic hydroxyl groups is 1. The van der Waals surface area contributed by atoms with E-state index in [1.54, 1.807) is 13.8 Å². The van der Waals surface area contributed by atoms with Crippen LogP contribution in [0.5, 0.6) is 0 Å². The third-order valence-electron chi connectivity index (χ3n) is 1.73. The highest BCUT2D eigenvalue weighted by Crippen LogP contribution is 2.25. The molecule has 0 radical (unpaired) electrons. The average molecular weight is 210 g/mol. The minimum absolute atomic E-state index is 0.289. The Morgan fingerprint density at radius 2 is 1.93 bits per heavy atom. The lowest BCUT2D eigenvalue weighted by atomic mass is 10.1.